The number of carbonyl (C=O) groups is 6. The molecular formula is C24H32N4O8. The summed E-state index contributed by atoms with van der Waals surface area (Å²) in [5.41, 5.74) is 0.741. The summed E-state index contributed by atoms with van der Waals surface area (Å²) >= 11 is 0. The molecule has 36 heavy (non-hydrogen) atoms. The molecule has 1 heterocycles. The van der Waals surface area contributed by atoms with E-state index in [4.69, 9.17) is 5.11 Å². The number of carbonyl (C=O) groups excluding carboxylic acids is 4. The lowest BCUT2D eigenvalue weighted by Gasteiger charge is -2.28. The molecular weight excluding hydrogens is 472 g/mol. The molecule has 1 aliphatic rings. The molecule has 4 amide bonds. The SMILES string of the molecule is C[C@H](NC(=O)CCC(=O)O)C(=O)N[C@@H](C)C(=O)N1CCC[C@H]1C(=O)N[C@@H](Cc1ccccc1)C(=O)O. The van der Waals surface area contributed by atoms with Crippen molar-refractivity contribution < 1.29 is 39.0 Å². The molecule has 1 saturated heterocycles. The predicted molar refractivity (Wildman–Crippen MR) is 127 cm³/mol. The predicted octanol–water partition coefficient (Wildman–Crippen LogP) is -0.336. The summed E-state index contributed by atoms with van der Waals surface area (Å²) in [7, 11) is 0. The number of likely N-dealkylation sites (tertiary alicyclic amines) is 1. The van der Waals surface area contributed by atoms with E-state index in [0.717, 1.165) is 5.56 Å². The molecule has 12 heteroatoms. The van der Waals surface area contributed by atoms with E-state index in [-0.39, 0.29) is 25.8 Å². The van der Waals surface area contributed by atoms with Crippen LogP contribution in [0.2, 0.25) is 0 Å². The van der Waals surface area contributed by atoms with Gasteiger partial charge in [0.1, 0.15) is 24.2 Å². The highest BCUT2D eigenvalue weighted by molar-refractivity contribution is 5.95. The summed E-state index contributed by atoms with van der Waals surface area (Å²) < 4.78 is 0. The Hall–Kier alpha value is -3.96. The molecule has 12 nitrogen and oxygen atoms in total. The van der Waals surface area contributed by atoms with Gasteiger partial charge < -0.3 is 31.1 Å². The van der Waals surface area contributed by atoms with Crippen molar-refractivity contribution >= 4 is 35.6 Å². The fourth-order valence-electron chi connectivity index (χ4n) is 3.87. The van der Waals surface area contributed by atoms with E-state index >= 15 is 0 Å². The van der Waals surface area contributed by atoms with Crippen LogP contribution in [0, 0.1) is 0 Å². The van der Waals surface area contributed by atoms with Gasteiger partial charge in [-0.05, 0) is 32.3 Å². The first kappa shape index (κ1) is 28.3. The van der Waals surface area contributed by atoms with Gasteiger partial charge in [-0.3, -0.25) is 24.0 Å². The maximum absolute atomic E-state index is 13.0. The third-order valence-electron chi connectivity index (χ3n) is 5.80. The van der Waals surface area contributed by atoms with Crippen LogP contribution in [0.5, 0.6) is 0 Å². The van der Waals surface area contributed by atoms with Crippen LogP contribution < -0.4 is 16.0 Å². The number of carboxylic acid groups (broad SMARTS) is 2. The molecule has 0 saturated carbocycles. The number of benzene rings is 1. The maximum Gasteiger partial charge on any atom is 0.326 e. The molecule has 196 valence electrons. The molecule has 2 rings (SSSR count). The molecule has 1 fully saturated rings. The fourth-order valence-corrected chi connectivity index (χ4v) is 3.87. The van der Waals surface area contributed by atoms with Gasteiger partial charge in [-0.1, -0.05) is 30.3 Å². The maximum atomic E-state index is 13.0. The molecule has 0 spiro atoms. The average molecular weight is 505 g/mol. The Bertz CT molecular complexity index is 984. The number of aliphatic carboxylic acids is 2. The van der Waals surface area contributed by atoms with E-state index < -0.39 is 59.7 Å². The van der Waals surface area contributed by atoms with Crippen LogP contribution in [0.1, 0.15) is 45.1 Å². The Labute approximate surface area is 208 Å². The number of rotatable bonds is 12. The van der Waals surface area contributed by atoms with Crippen molar-refractivity contribution in [1.82, 2.24) is 20.9 Å². The number of amides is 4. The Morgan fingerprint density at radius 2 is 1.61 bits per heavy atom. The van der Waals surface area contributed by atoms with Crippen LogP contribution in [0.4, 0.5) is 0 Å². The lowest BCUT2D eigenvalue weighted by Crippen LogP contribution is -2.56. The van der Waals surface area contributed by atoms with Gasteiger partial charge in [-0.25, -0.2) is 4.79 Å². The standard InChI is InChI=1S/C24H32N4O8/c1-14(25-19(29)10-11-20(30)31)21(32)26-15(2)23(34)28-12-6-9-18(28)22(33)27-17(24(35)36)13-16-7-4-3-5-8-16/h3-5,7-8,14-15,17-18H,6,9-13H2,1-2H3,(H,25,29)(H,26,32)(H,27,33)(H,30,31)(H,35,36)/t14-,15-,17-,18-/m0/s1. The first-order chi connectivity index (χ1) is 17.0. The Morgan fingerprint density at radius 3 is 2.22 bits per heavy atom. The lowest BCUT2D eigenvalue weighted by atomic mass is 10.1. The van der Waals surface area contributed by atoms with Gasteiger partial charge in [0.2, 0.25) is 23.6 Å². The van der Waals surface area contributed by atoms with Crippen molar-refractivity contribution in [3.8, 4) is 0 Å². The molecule has 4 atom stereocenters. The zero-order valence-electron chi connectivity index (χ0n) is 20.2. The molecule has 1 aliphatic heterocycles. The van der Waals surface area contributed by atoms with Crippen LogP contribution in [0.25, 0.3) is 0 Å². The van der Waals surface area contributed by atoms with E-state index in [1.54, 1.807) is 30.3 Å². The smallest absolute Gasteiger partial charge is 0.326 e. The van der Waals surface area contributed by atoms with E-state index in [0.29, 0.717) is 12.8 Å². The third-order valence-corrected chi connectivity index (χ3v) is 5.80. The van der Waals surface area contributed by atoms with Crippen molar-refractivity contribution in [1.29, 1.82) is 0 Å². The highest BCUT2D eigenvalue weighted by atomic mass is 16.4. The lowest BCUT2D eigenvalue weighted by molar-refractivity contribution is -0.144. The van der Waals surface area contributed by atoms with Gasteiger partial charge >= 0.3 is 11.9 Å². The van der Waals surface area contributed by atoms with Crippen LogP contribution >= 0.6 is 0 Å². The van der Waals surface area contributed by atoms with Crippen LogP contribution in [0.15, 0.2) is 30.3 Å². The van der Waals surface area contributed by atoms with Crippen molar-refractivity contribution in [2.75, 3.05) is 6.54 Å². The summed E-state index contributed by atoms with van der Waals surface area (Å²) in [6, 6.07) is 4.80. The normalized spacial score (nSPS) is 17.4. The average Bonchev–Trinajstić information content (AvgIpc) is 3.32. The van der Waals surface area contributed by atoms with Gasteiger partial charge in [-0.2, -0.15) is 0 Å². The first-order valence-electron chi connectivity index (χ1n) is 11.7. The highest BCUT2D eigenvalue weighted by Gasteiger charge is 2.38. The second-order valence-electron chi connectivity index (χ2n) is 8.69. The minimum atomic E-state index is -1.19. The monoisotopic (exact) mass is 504 g/mol. The van der Waals surface area contributed by atoms with Gasteiger partial charge in [0.25, 0.3) is 0 Å². The quantitative estimate of drug-likeness (QED) is 0.256. The second kappa shape index (κ2) is 13.2. The van der Waals surface area contributed by atoms with Crippen molar-refractivity contribution in [3.05, 3.63) is 35.9 Å². The van der Waals surface area contributed by atoms with Crippen LogP contribution in [0.3, 0.4) is 0 Å². The third kappa shape index (κ3) is 8.36. The molecule has 0 radical (unpaired) electrons. The van der Waals surface area contributed by atoms with Crippen molar-refractivity contribution in [2.24, 2.45) is 0 Å². The van der Waals surface area contributed by atoms with Gasteiger partial charge in [-0.15, -0.1) is 0 Å². The molecule has 0 unspecified atom stereocenters. The number of nitrogens with zero attached hydrogens (tertiary/aromatic N) is 1. The highest BCUT2D eigenvalue weighted by Crippen LogP contribution is 2.19. The van der Waals surface area contributed by atoms with Crippen molar-refractivity contribution in [3.63, 3.8) is 0 Å². The molecule has 0 aromatic heterocycles. The van der Waals surface area contributed by atoms with E-state index in [1.165, 1.54) is 18.7 Å². The molecule has 1 aromatic rings. The summed E-state index contributed by atoms with van der Waals surface area (Å²) in [5, 5.41) is 25.6. The summed E-state index contributed by atoms with van der Waals surface area (Å²) in [6.07, 6.45) is 0.323. The van der Waals surface area contributed by atoms with Gasteiger partial charge in [0, 0.05) is 19.4 Å². The van der Waals surface area contributed by atoms with Gasteiger partial charge in [0.05, 0.1) is 6.42 Å². The van der Waals surface area contributed by atoms with Crippen molar-refractivity contribution in [2.45, 2.75) is 70.1 Å². The van der Waals surface area contributed by atoms with Crippen LogP contribution in [-0.4, -0.2) is 81.4 Å². The number of hydrogen-bond acceptors (Lipinski definition) is 6. The largest absolute Gasteiger partial charge is 0.481 e. The molecule has 0 bridgehead atoms. The zero-order valence-corrected chi connectivity index (χ0v) is 20.2. The Morgan fingerprint density at radius 1 is 0.944 bits per heavy atom. The van der Waals surface area contributed by atoms with E-state index in [2.05, 4.69) is 16.0 Å². The topological polar surface area (TPSA) is 182 Å². The molecule has 0 aliphatic carbocycles. The second-order valence-corrected chi connectivity index (χ2v) is 8.69. The minimum Gasteiger partial charge on any atom is -0.481 e. The summed E-state index contributed by atoms with van der Waals surface area (Å²) in [5.74, 6) is -4.68. The Balaban J connectivity index is 1.94. The van der Waals surface area contributed by atoms with Gasteiger partial charge in [0.15, 0.2) is 0 Å². The molecule has 5 N–H and O–H groups in total. The number of hydrogen-bond donors (Lipinski definition) is 5. The number of nitrogens with one attached hydrogen (secondary N) is 3. The van der Waals surface area contributed by atoms with E-state index in [9.17, 15) is 33.9 Å². The zero-order chi connectivity index (χ0) is 26.8. The summed E-state index contributed by atoms with van der Waals surface area (Å²) in [6.45, 7) is 3.12. The van der Waals surface area contributed by atoms with E-state index in [1.807, 2.05) is 0 Å². The molecule has 1 aromatic carbocycles. The minimum absolute atomic E-state index is 0.0884. The Kier molecular flexibility index (Phi) is 10.4. The number of carboxylic acids is 2. The summed E-state index contributed by atoms with van der Waals surface area (Å²) in [4.78, 5) is 73.6. The fraction of sp³-hybridized carbons (Fsp3) is 0.500. The van der Waals surface area contributed by atoms with Crippen LogP contribution in [-0.2, 0) is 35.2 Å². The first-order valence-corrected chi connectivity index (χ1v) is 11.7.